The number of hydrogen-bond donors (Lipinski definition) is 2. The van der Waals surface area contributed by atoms with E-state index in [1.165, 1.54) is 20.2 Å². The Morgan fingerprint density at radius 3 is 2.43 bits per heavy atom. The molecule has 0 aromatic rings. The van der Waals surface area contributed by atoms with Gasteiger partial charge in [0.05, 0.1) is 17.6 Å². The van der Waals surface area contributed by atoms with Gasteiger partial charge in [0.1, 0.15) is 18.0 Å². The molecule has 0 aromatic carbocycles. The molecule has 14 heteroatoms. The molecule has 5 atom stereocenters. The highest BCUT2D eigenvalue weighted by Crippen LogP contribution is 2.62. The second kappa shape index (κ2) is 13.1. The maximum atomic E-state index is 14.0. The van der Waals surface area contributed by atoms with Crippen LogP contribution in [0.4, 0.5) is 0 Å². The summed E-state index contributed by atoms with van der Waals surface area (Å²) in [7, 11) is 1.43. The fourth-order valence-electron chi connectivity index (χ4n) is 7.75. The lowest BCUT2D eigenvalue weighted by Gasteiger charge is -2.53. The predicted octanol–water partition coefficient (Wildman–Crippen LogP) is 2.22. The van der Waals surface area contributed by atoms with E-state index in [9.17, 15) is 38.7 Å². The summed E-state index contributed by atoms with van der Waals surface area (Å²) in [6.45, 7) is 5.00. The zero-order chi connectivity index (χ0) is 34.3. The molecule has 1 saturated carbocycles. The molecular weight excluding hydrogens is 616 g/mol. The van der Waals surface area contributed by atoms with E-state index in [0.29, 0.717) is 42.9 Å². The zero-order valence-electron chi connectivity index (χ0n) is 27.0. The number of aliphatic hydroxyl groups is 1. The van der Waals surface area contributed by atoms with Gasteiger partial charge in [0.15, 0.2) is 5.76 Å². The first kappa shape index (κ1) is 34.0. The average molecular weight is 657 g/mol. The zero-order valence-corrected chi connectivity index (χ0v) is 27.0. The number of unbranched alkanes of at least 4 members (excludes halogenated alkanes) is 2. The van der Waals surface area contributed by atoms with Crippen LogP contribution in [0.1, 0.15) is 78.6 Å². The van der Waals surface area contributed by atoms with Crippen LogP contribution in [0.3, 0.4) is 0 Å². The first-order valence-electron chi connectivity index (χ1n) is 15.9. The number of Topliss-reactive ketones (excluding diaryl/α,β-unsaturated/α-hetero) is 2. The van der Waals surface area contributed by atoms with E-state index >= 15 is 0 Å². The van der Waals surface area contributed by atoms with Crippen molar-refractivity contribution in [1.29, 1.82) is 0 Å². The summed E-state index contributed by atoms with van der Waals surface area (Å²) in [4.78, 5) is 92.9. The number of fused-ring (bicyclic) bond motifs is 4. The van der Waals surface area contributed by atoms with Crippen molar-refractivity contribution in [3.63, 3.8) is 0 Å². The lowest BCUT2D eigenvalue weighted by molar-refractivity contribution is -0.197. The molecule has 3 aliphatic carbocycles. The summed E-state index contributed by atoms with van der Waals surface area (Å²) < 4.78 is 17.1. The summed E-state index contributed by atoms with van der Waals surface area (Å²) in [6, 6.07) is 0. The number of carbonyl (C=O) groups is 7. The van der Waals surface area contributed by atoms with E-state index in [1.54, 1.807) is 13.8 Å². The molecule has 3 fully saturated rings. The standard InChI is InChI=1S/C33H40N2O12/c1-17(36)45-20-14-32(2)19(9-10-21(32)37)26-28(20)33(3)22(16-44-4)46-31(43)18(27(33)30(42)29(26)41)15-34-13-7-5-6-8-25(40)47-35-23(38)11-12-24(35)39/h15,19-20,22,34,42H,5-14,16H2,1-4H3/b18-15-/t19-,20+,22+,32-,33-/m0/s1. The number of ether oxygens (including phenoxy) is 3. The molecule has 0 unspecified atom stereocenters. The maximum absolute atomic E-state index is 14.0. The molecule has 254 valence electrons. The van der Waals surface area contributed by atoms with E-state index < -0.39 is 70.2 Å². The van der Waals surface area contributed by atoms with Gasteiger partial charge < -0.3 is 29.5 Å². The Morgan fingerprint density at radius 1 is 1.06 bits per heavy atom. The second-order valence-corrected chi connectivity index (χ2v) is 13.0. The Morgan fingerprint density at radius 2 is 1.77 bits per heavy atom. The number of esters is 2. The van der Waals surface area contributed by atoms with E-state index in [1.807, 2.05) is 0 Å². The average Bonchev–Trinajstić information content (AvgIpc) is 3.48. The lowest BCUT2D eigenvalue weighted by Crippen LogP contribution is -2.57. The molecule has 2 aliphatic heterocycles. The van der Waals surface area contributed by atoms with Gasteiger partial charge >= 0.3 is 17.9 Å². The number of carbonyl (C=O) groups excluding carboxylic acids is 7. The molecule has 2 saturated heterocycles. The van der Waals surface area contributed by atoms with Crippen LogP contribution in [-0.2, 0) is 52.6 Å². The highest BCUT2D eigenvalue weighted by Gasteiger charge is 2.64. The van der Waals surface area contributed by atoms with Crippen LogP contribution in [0.15, 0.2) is 34.3 Å². The van der Waals surface area contributed by atoms with Crippen molar-refractivity contribution in [3.05, 3.63) is 34.3 Å². The number of allylic oxidation sites excluding steroid dienone is 1. The first-order chi connectivity index (χ1) is 22.2. The molecule has 47 heavy (non-hydrogen) atoms. The highest BCUT2D eigenvalue weighted by molar-refractivity contribution is 6.14. The van der Waals surface area contributed by atoms with Crippen LogP contribution in [-0.4, -0.2) is 83.9 Å². The number of nitrogens with one attached hydrogen (secondary N) is 1. The van der Waals surface area contributed by atoms with E-state index in [2.05, 4.69) is 5.32 Å². The molecule has 0 bridgehead atoms. The summed E-state index contributed by atoms with van der Waals surface area (Å²) in [5.74, 6) is -5.06. The van der Waals surface area contributed by atoms with E-state index in [-0.39, 0.29) is 61.2 Å². The molecule has 0 aromatic heterocycles. The summed E-state index contributed by atoms with van der Waals surface area (Å²) in [5, 5.41) is 15.1. The van der Waals surface area contributed by atoms with Crippen molar-refractivity contribution >= 4 is 41.3 Å². The van der Waals surface area contributed by atoms with E-state index in [0.717, 1.165) is 0 Å². The monoisotopic (exact) mass is 656 g/mol. The topological polar surface area (TPSA) is 192 Å². The van der Waals surface area contributed by atoms with Crippen LogP contribution in [0.2, 0.25) is 0 Å². The van der Waals surface area contributed by atoms with E-state index in [4.69, 9.17) is 19.0 Å². The molecule has 2 N–H and O–H groups in total. The fourth-order valence-corrected chi connectivity index (χ4v) is 7.75. The second-order valence-electron chi connectivity index (χ2n) is 13.0. The van der Waals surface area contributed by atoms with Gasteiger partial charge in [-0.3, -0.25) is 24.0 Å². The Bertz CT molecular complexity index is 1510. The van der Waals surface area contributed by atoms with Gasteiger partial charge in [-0.25, -0.2) is 9.59 Å². The smallest absolute Gasteiger partial charge is 0.340 e. The summed E-state index contributed by atoms with van der Waals surface area (Å²) in [6.07, 6.45) is 1.77. The van der Waals surface area contributed by atoms with Crippen LogP contribution >= 0.6 is 0 Å². The summed E-state index contributed by atoms with van der Waals surface area (Å²) >= 11 is 0. The minimum absolute atomic E-state index is 0.000823. The number of cyclic esters (lactones) is 1. The molecule has 0 radical (unpaired) electrons. The highest BCUT2D eigenvalue weighted by atomic mass is 16.7. The number of rotatable bonds is 11. The van der Waals surface area contributed by atoms with Crippen molar-refractivity contribution < 1.29 is 57.7 Å². The number of hydrogen-bond acceptors (Lipinski definition) is 13. The maximum Gasteiger partial charge on any atom is 0.340 e. The molecule has 5 rings (SSSR count). The molecule has 5 aliphatic rings. The van der Waals surface area contributed by atoms with Gasteiger partial charge in [-0.1, -0.05) is 13.3 Å². The third-order valence-corrected chi connectivity index (χ3v) is 10.1. The Balaban J connectivity index is 1.35. The van der Waals surface area contributed by atoms with Crippen molar-refractivity contribution in [1.82, 2.24) is 10.4 Å². The van der Waals surface area contributed by atoms with Crippen LogP contribution in [0.25, 0.3) is 0 Å². The Labute approximate surface area is 271 Å². The number of hydroxylamine groups is 2. The number of nitrogens with zero attached hydrogens (tertiary/aromatic N) is 1. The fraction of sp³-hybridized carbons (Fsp3) is 0.606. The summed E-state index contributed by atoms with van der Waals surface area (Å²) in [5.41, 5.74) is -1.71. The molecule has 2 amide bonds. The molecule has 14 nitrogen and oxygen atoms in total. The SMILES string of the molecule is COC[C@H]1OC(=O)/C(=C\NCCCCCC(=O)ON2C(=O)CCC2=O)C2=C(O)C(=O)C3=C([C@H](OC(C)=O)C[C@]4(C)C(=O)CC[C@@H]34)[C@]21C. The van der Waals surface area contributed by atoms with Gasteiger partial charge in [-0.05, 0) is 31.8 Å². The van der Waals surface area contributed by atoms with Crippen molar-refractivity contribution in [2.24, 2.45) is 16.7 Å². The number of amides is 2. The van der Waals surface area contributed by atoms with Gasteiger partial charge in [0, 0.05) is 81.4 Å². The Hall–Kier alpha value is -4.33. The Kier molecular flexibility index (Phi) is 9.45. The quantitative estimate of drug-likeness (QED) is 0.143. The van der Waals surface area contributed by atoms with Crippen LogP contribution < -0.4 is 5.32 Å². The minimum atomic E-state index is -1.34. The third kappa shape index (κ3) is 5.87. The molecule has 0 spiro atoms. The van der Waals surface area contributed by atoms with Crippen LogP contribution in [0, 0.1) is 16.7 Å². The molecular formula is C33H40N2O12. The van der Waals surface area contributed by atoms with Gasteiger partial charge in [0.25, 0.3) is 11.8 Å². The number of aliphatic hydroxyl groups excluding tert-OH is 1. The minimum Gasteiger partial charge on any atom is -0.504 e. The van der Waals surface area contributed by atoms with Gasteiger partial charge in [-0.15, -0.1) is 5.06 Å². The van der Waals surface area contributed by atoms with Gasteiger partial charge in [0.2, 0.25) is 5.78 Å². The normalized spacial score (nSPS) is 31.1. The lowest BCUT2D eigenvalue weighted by atomic mass is 9.53. The first-order valence-corrected chi connectivity index (χ1v) is 15.9. The van der Waals surface area contributed by atoms with Crippen LogP contribution in [0.5, 0.6) is 0 Å². The largest absolute Gasteiger partial charge is 0.504 e. The predicted molar refractivity (Wildman–Crippen MR) is 159 cm³/mol. The number of ketones is 2. The van der Waals surface area contributed by atoms with Crippen molar-refractivity contribution in [3.8, 4) is 0 Å². The molecule has 2 heterocycles. The number of methoxy groups -OCH3 is 1. The van der Waals surface area contributed by atoms with Crippen molar-refractivity contribution in [2.45, 2.75) is 90.8 Å². The number of imide groups is 1. The third-order valence-electron chi connectivity index (χ3n) is 10.1. The van der Waals surface area contributed by atoms with Gasteiger partial charge in [-0.2, -0.15) is 0 Å². The van der Waals surface area contributed by atoms with Crippen molar-refractivity contribution in [2.75, 3.05) is 20.3 Å².